The SMILES string of the molecule is CCn1nccc1C(O)C1(CN)CC2CCC1C2. The van der Waals surface area contributed by atoms with Crippen LogP contribution in [0.3, 0.4) is 0 Å². The number of aryl methyl sites for hydroxylation is 1. The summed E-state index contributed by atoms with van der Waals surface area (Å²) in [4.78, 5) is 0. The first-order valence-corrected chi connectivity index (χ1v) is 7.11. The van der Waals surface area contributed by atoms with Crippen LogP contribution < -0.4 is 5.73 Å². The summed E-state index contributed by atoms with van der Waals surface area (Å²) in [6.45, 7) is 3.44. The molecule has 2 fully saturated rings. The first-order chi connectivity index (χ1) is 8.71. The molecule has 4 atom stereocenters. The second-order valence-electron chi connectivity index (χ2n) is 5.99. The van der Waals surface area contributed by atoms with E-state index in [1.165, 1.54) is 19.3 Å². The summed E-state index contributed by atoms with van der Waals surface area (Å²) in [6.07, 6.45) is 6.23. The molecule has 0 aromatic carbocycles. The highest BCUT2D eigenvalue weighted by molar-refractivity contribution is 5.15. The van der Waals surface area contributed by atoms with Gasteiger partial charge in [0.1, 0.15) is 6.10 Å². The second-order valence-corrected chi connectivity index (χ2v) is 5.99. The molecule has 0 saturated heterocycles. The third-order valence-electron chi connectivity index (χ3n) is 5.28. The van der Waals surface area contributed by atoms with E-state index in [0.29, 0.717) is 12.5 Å². The van der Waals surface area contributed by atoms with Crippen LogP contribution in [-0.2, 0) is 6.54 Å². The van der Waals surface area contributed by atoms with Crippen molar-refractivity contribution in [2.75, 3.05) is 6.54 Å². The summed E-state index contributed by atoms with van der Waals surface area (Å²) in [5.74, 6) is 1.38. The fourth-order valence-corrected chi connectivity index (χ4v) is 4.32. The second kappa shape index (κ2) is 4.35. The smallest absolute Gasteiger partial charge is 0.103 e. The summed E-state index contributed by atoms with van der Waals surface area (Å²) in [6, 6.07) is 1.94. The predicted octanol–water partition coefficient (Wildman–Crippen LogP) is 1.70. The zero-order valence-electron chi connectivity index (χ0n) is 11.0. The summed E-state index contributed by atoms with van der Waals surface area (Å²) >= 11 is 0. The Morgan fingerprint density at radius 2 is 2.44 bits per heavy atom. The molecule has 4 nitrogen and oxygen atoms in total. The normalized spacial score (nSPS) is 36.2. The molecule has 0 amide bonds. The fraction of sp³-hybridized carbons (Fsp3) is 0.786. The van der Waals surface area contributed by atoms with E-state index >= 15 is 0 Å². The van der Waals surface area contributed by atoms with Crippen molar-refractivity contribution >= 4 is 0 Å². The molecule has 2 bridgehead atoms. The van der Waals surface area contributed by atoms with Crippen LogP contribution in [0.25, 0.3) is 0 Å². The quantitative estimate of drug-likeness (QED) is 0.853. The van der Waals surface area contributed by atoms with E-state index in [2.05, 4.69) is 12.0 Å². The molecule has 3 rings (SSSR count). The highest BCUT2D eigenvalue weighted by Crippen LogP contribution is 2.60. The first-order valence-electron chi connectivity index (χ1n) is 7.11. The maximum absolute atomic E-state index is 10.9. The molecule has 1 aromatic rings. The van der Waals surface area contributed by atoms with E-state index in [9.17, 15) is 5.11 Å². The number of hydrogen-bond acceptors (Lipinski definition) is 3. The van der Waals surface area contributed by atoms with Crippen LogP contribution in [0.15, 0.2) is 12.3 Å². The van der Waals surface area contributed by atoms with Crippen molar-refractivity contribution in [3.05, 3.63) is 18.0 Å². The molecule has 0 radical (unpaired) electrons. The minimum absolute atomic E-state index is 0.101. The van der Waals surface area contributed by atoms with Crippen molar-refractivity contribution in [1.29, 1.82) is 0 Å². The van der Waals surface area contributed by atoms with Crippen molar-refractivity contribution in [2.45, 2.75) is 45.3 Å². The van der Waals surface area contributed by atoms with Crippen LogP contribution in [0.1, 0.15) is 44.4 Å². The van der Waals surface area contributed by atoms with Gasteiger partial charge in [0, 0.05) is 24.7 Å². The van der Waals surface area contributed by atoms with Crippen LogP contribution in [0.5, 0.6) is 0 Å². The summed E-state index contributed by atoms with van der Waals surface area (Å²) in [7, 11) is 0. The highest BCUT2D eigenvalue weighted by Gasteiger charge is 2.54. The molecule has 0 spiro atoms. The van der Waals surface area contributed by atoms with E-state index in [1.807, 2.05) is 10.7 Å². The number of nitrogens with zero attached hydrogens (tertiary/aromatic N) is 2. The maximum atomic E-state index is 10.9. The van der Waals surface area contributed by atoms with E-state index < -0.39 is 6.10 Å². The standard InChI is InChI=1S/C14H23N3O/c1-2-17-12(5-6-16-17)13(18)14(9-15)8-10-3-4-11(14)7-10/h5-6,10-11,13,18H,2-4,7-9,15H2,1H3. The summed E-state index contributed by atoms with van der Waals surface area (Å²) in [5, 5.41) is 15.1. The van der Waals surface area contributed by atoms with Gasteiger partial charge in [0.25, 0.3) is 0 Å². The Balaban J connectivity index is 1.93. The minimum Gasteiger partial charge on any atom is -0.386 e. The van der Waals surface area contributed by atoms with Crippen LogP contribution in [0, 0.1) is 17.3 Å². The zero-order valence-corrected chi connectivity index (χ0v) is 11.0. The van der Waals surface area contributed by atoms with E-state index in [0.717, 1.165) is 24.6 Å². The molecular weight excluding hydrogens is 226 g/mol. The largest absolute Gasteiger partial charge is 0.386 e. The van der Waals surface area contributed by atoms with Crippen molar-refractivity contribution < 1.29 is 5.11 Å². The molecular formula is C14H23N3O. The molecule has 2 saturated carbocycles. The van der Waals surface area contributed by atoms with Crippen LogP contribution in [0.2, 0.25) is 0 Å². The lowest BCUT2D eigenvalue weighted by Crippen LogP contribution is -2.42. The van der Waals surface area contributed by atoms with Gasteiger partial charge in [-0.1, -0.05) is 6.42 Å². The lowest BCUT2D eigenvalue weighted by molar-refractivity contribution is -0.0184. The predicted molar refractivity (Wildman–Crippen MR) is 69.8 cm³/mol. The lowest BCUT2D eigenvalue weighted by Gasteiger charge is -2.40. The van der Waals surface area contributed by atoms with E-state index in [-0.39, 0.29) is 5.41 Å². The molecule has 3 N–H and O–H groups in total. The maximum Gasteiger partial charge on any atom is 0.103 e. The number of nitrogens with two attached hydrogens (primary N) is 1. The molecule has 100 valence electrons. The molecule has 1 aromatic heterocycles. The Labute approximate surface area is 108 Å². The first kappa shape index (κ1) is 12.2. The highest BCUT2D eigenvalue weighted by atomic mass is 16.3. The number of aliphatic hydroxyl groups excluding tert-OH is 1. The molecule has 2 aliphatic carbocycles. The summed E-state index contributed by atoms with van der Waals surface area (Å²) in [5.41, 5.74) is 6.90. The van der Waals surface area contributed by atoms with Gasteiger partial charge in [0.2, 0.25) is 0 Å². The Kier molecular flexibility index (Phi) is 2.94. The Hall–Kier alpha value is -0.870. The Bertz CT molecular complexity index is 430. The van der Waals surface area contributed by atoms with Gasteiger partial charge in [-0.15, -0.1) is 0 Å². The number of aromatic nitrogens is 2. The van der Waals surface area contributed by atoms with Gasteiger partial charge < -0.3 is 10.8 Å². The van der Waals surface area contributed by atoms with Crippen LogP contribution >= 0.6 is 0 Å². The van der Waals surface area contributed by atoms with Crippen molar-refractivity contribution in [3.63, 3.8) is 0 Å². The van der Waals surface area contributed by atoms with Gasteiger partial charge >= 0.3 is 0 Å². The monoisotopic (exact) mass is 249 g/mol. The van der Waals surface area contributed by atoms with Crippen molar-refractivity contribution in [2.24, 2.45) is 23.0 Å². The topological polar surface area (TPSA) is 64.1 Å². The Morgan fingerprint density at radius 3 is 3.00 bits per heavy atom. The summed E-state index contributed by atoms with van der Waals surface area (Å²) < 4.78 is 1.90. The van der Waals surface area contributed by atoms with Gasteiger partial charge in [0.15, 0.2) is 0 Å². The average molecular weight is 249 g/mol. The third-order valence-corrected chi connectivity index (χ3v) is 5.28. The lowest BCUT2D eigenvalue weighted by atomic mass is 9.68. The van der Waals surface area contributed by atoms with Gasteiger partial charge in [-0.25, -0.2) is 0 Å². The molecule has 2 aliphatic rings. The van der Waals surface area contributed by atoms with Crippen LogP contribution in [0.4, 0.5) is 0 Å². The molecule has 4 heteroatoms. The van der Waals surface area contributed by atoms with Gasteiger partial charge in [-0.05, 0) is 44.1 Å². The number of rotatable bonds is 4. The minimum atomic E-state index is -0.458. The zero-order chi connectivity index (χ0) is 12.8. The van der Waals surface area contributed by atoms with Crippen LogP contribution in [-0.4, -0.2) is 21.4 Å². The van der Waals surface area contributed by atoms with E-state index in [1.54, 1.807) is 6.20 Å². The molecule has 18 heavy (non-hydrogen) atoms. The van der Waals surface area contributed by atoms with Gasteiger partial charge in [0.05, 0.1) is 5.69 Å². The van der Waals surface area contributed by atoms with Crippen molar-refractivity contribution in [3.8, 4) is 0 Å². The molecule has 4 unspecified atom stereocenters. The third kappa shape index (κ3) is 1.55. The molecule has 0 aliphatic heterocycles. The number of hydrogen-bond donors (Lipinski definition) is 2. The Morgan fingerprint density at radius 1 is 1.61 bits per heavy atom. The molecule has 1 heterocycles. The van der Waals surface area contributed by atoms with E-state index in [4.69, 9.17) is 5.73 Å². The number of aliphatic hydroxyl groups is 1. The average Bonchev–Trinajstić information content (AvgIpc) is 3.11. The fourth-order valence-electron chi connectivity index (χ4n) is 4.32. The number of fused-ring (bicyclic) bond motifs is 2. The van der Waals surface area contributed by atoms with Gasteiger partial charge in [-0.3, -0.25) is 4.68 Å². The van der Waals surface area contributed by atoms with Gasteiger partial charge in [-0.2, -0.15) is 5.10 Å². The van der Waals surface area contributed by atoms with Crippen molar-refractivity contribution in [1.82, 2.24) is 9.78 Å².